The van der Waals surface area contributed by atoms with Crippen molar-refractivity contribution in [3.05, 3.63) is 23.2 Å². The van der Waals surface area contributed by atoms with Crippen LogP contribution >= 0.6 is 23.4 Å². The van der Waals surface area contributed by atoms with Crippen LogP contribution < -0.4 is 16.4 Å². The summed E-state index contributed by atoms with van der Waals surface area (Å²) in [5.41, 5.74) is 6.16. The predicted molar refractivity (Wildman–Crippen MR) is 87.6 cm³/mol. The molecule has 0 unspecified atom stereocenters. The summed E-state index contributed by atoms with van der Waals surface area (Å²) < 4.78 is 0. The second-order valence-electron chi connectivity index (χ2n) is 4.97. The maximum atomic E-state index is 11.6. The zero-order valence-corrected chi connectivity index (χ0v) is 13.7. The number of halogens is 1. The van der Waals surface area contributed by atoms with Gasteiger partial charge in [0.15, 0.2) is 0 Å². The van der Waals surface area contributed by atoms with Crippen LogP contribution in [0.25, 0.3) is 0 Å². The maximum Gasteiger partial charge on any atom is 0.321 e. The Morgan fingerprint density at radius 3 is 2.71 bits per heavy atom. The first-order chi connectivity index (χ1) is 9.88. The number of benzene rings is 1. The molecule has 0 bridgehead atoms. The van der Waals surface area contributed by atoms with Gasteiger partial charge in [0.25, 0.3) is 0 Å². The molecular formula is C14H20ClN3O2S. The number of nitrogen functional groups attached to an aromatic ring is 1. The molecule has 1 rings (SSSR count). The van der Waals surface area contributed by atoms with Gasteiger partial charge in [-0.05, 0) is 30.5 Å². The van der Waals surface area contributed by atoms with Gasteiger partial charge >= 0.3 is 6.03 Å². The number of anilines is 1. The van der Waals surface area contributed by atoms with Gasteiger partial charge in [-0.3, -0.25) is 10.1 Å². The molecule has 116 valence electrons. The lowest BCUT2D eigenvalue weighted by molar-refractivity contribution is -0.117. The Balaban J connectivity index is 2.32. The number of urea groups is 1. The molecule has 1 aromatic rings. The topological polar surface area (TPSA) is 84.2 Å². The summed E-state index contributed by atoms with van der Waals surface area (Å²) in [6.45, 7) is 4.68. The lowest BCUT2D eigenvalue weighted by atomic mass is 10.1. The highest BCUT2D eigenvalue weighted by Crippen LogP contribution is 2.28. The first-order valence-electron chi connectivity index (χ1n) is 6.64. The summed E-state index contributed by atoms with van der Waals surface area (Å²) >= 11 is 7.26. The number of rotatable bonds is 6. The molecule has 5 nitrogen and oxygen atoms in total. The van der Waals surface area contributed by atoms with Gasteiger partial charge in [0, 0.05) is 17.1 Å². The minimum atomic E-state index is -0.468. The number of hydrogen-bond acceptors (Lipinski definition) is 4. The van der Waals surface area contributed by atoms with E-state index in [-0.39, 0.29) is 11.7 Å². The Morgan fingerprint density at radius 2 is 2.10 bits per heavy atom. The smallest absolute Gasteiger partial charge is 0.321 e. The third-order valence-electron chi connectivity index (χ3n) is 2.57. The van der Waals surface area contributed by atoms with Gasteiger partial charge in [-0.2, -0.15) is 0 Å². The molecule has 0 saturated carbocycles. The fourth-order valence-electron chi connectivity index (χ4n) is 1.46. The monoisotopic (exact) mass is 329 g/mol. The number of thioether (sulfide) groups is 1. The van der Waals surface area contributed by atoms with E-state index >= 15 is 0 Å². The fraction of sp³-hybridized carbons (Fsp3) is 0.429. The Bertz CT molecular complexity index is 509. The van der Waals surface area contributed by atoms with Gasteiger partial charge in [0.1, 0.15) is 0 Å². The Labute approximate surface area is 134 Å². The van der Waals surface area contributed by atoms with Crippen molar-refractivity contribution >= 4 is 41.0 Å². The summed E-state index contributed by atoms with van der Waals surface area (Å²) in [7, 11) is 0. The molecular weight excluding hydrogens is 310 g/mol. The molecule has 4 N–H and O–H groups in total. The first kappa shape index (κ1) is 17.7. The van der Waals surface area contributed by atoms with Gasteiger partial charge in [-0.15, -0.1) is 11.8 Å². The van der Waals surface area contributed by atoms with E-state index < -0.39 is 6.03 Å². The van der Waals surface area contributed by atoms with Crippen molar-refractivity contribution < 1.29 is 9.59 Å². The lowest BCUT2D eigenvalue weighted by Crippen LogP contribution is -2.40. The van der Waals surface area contributed by atoms with Crippen LogP contribution in [0.5, 0.6) is 0 Å². The van der Waals surface area contributed by atoms with Gasteiger partial charge in [-0.1, -0.05) is 25.4 Å². The van der Waals surface area contributed by atoms with Crippen LogP contribution in [0, 0.1) is 5.92 Å². The zero-order valence-electron chi connectivity index (χ0n) is 12.1. The molecule has 0 heterocycles. The summed E-state index contributed by atoms with van der Waals surface area (Å²) in [4.78, 5) is 23.9. The Hall–Kier alpha value is -1.40. The number of carbonyl (C=O) groups is 2. The normalized spacial score (nSPS) is 10.5. The molecule has 0 aliphatic rings. The molecule has 0 aliphatic carbocycles. The van der Waals surface area contributed by atoms with Crippen molar-refractivity contribution in [2.45, 2.75) is 25.2 Å². The van der Waals surface area contributed by atoms with Crippen molar-refractivity contribution in [2.24, 2.45) is 5.92 Å². The van der Waals surface area contributed by atoms with Gasteiger partial charge < -0.3 is 11.1 Å². The van der Waals surface area contributed by atoms with Crippen molar-refractivity contribution in [3.63, 3.8) is 0 Å². The van der Waals surface area contributed by atoms with Crippen molar-refractivity contribution in [1.82, 2.24) is 10.6 Å². The van der Waals surface area contributed by atoms with E-state index in [1.807, 2.05) is 0 Å². The minimum absolute atomic E-state index is 0.112. The minimum Gasteiger partial charge on any atom is -0.399 e. The standard InChI is InChI=1S/C14H20ClN3O2S/c1-9(2)5-6-17-14(20)18-13(19)8-21-12-4-3-10(16)7-11(12)15/h3-4,7,9H,5-6,8,16H2,1-2H3,(H2,17,18,19,20). The second kappa shape index (κ2) is 8.79. The largest absolute Gasteiger partial charge is 0.399 e. The zero-order chi connectivity index (χ0) is 15.8. The van der Waals surface area contributed by atoms with Crippen LogP contribution in [0.15, 0.2) is 23.1 Å². The number of nitrogens with one attached hydrogen (secondary N) is 2. The number of carbonyl (C=O) groups excluding carboxylic acids is 2. The molecule has 0 saturated heterocycles. The molecule has 0 aromatic heterocycles. The number of imide groups is 1. The van der Waals surface area contributed by atoms with Crippen molar-refractivity contribution in [1.29, 1.82) is 0 Å². The third kappa shape index (κ3) is 7.24. The predicted octanol–water partition coefficient (Wildman–Crippen LogP) is 2.89. The Kier molecular flexibility index (Phi) is 7.39. The fourth-order valence-corrected chi connectivity index (χ4v) is 2.53. The van der Waals surface area contributed by atoms with E-state index in [9.17, 15) is 9.59 Å². The first-order valence-corrected chi connectivity index (χ1v) is 8.00. The van der Waals surface area contributed by atoms with E-state index in [2.05, 4.69) is 24.5 Å². The van der Waals surface area contributed by atoms with Crippen molar-refractivity contribution in [3.8, 4) is 0 Å². The van der Waals surface area contributed by atoms with E-state index in [1.54, 1.807) is 18.2 Å². The summed E-state index contributed by atoms with van der Waals surface area (Å²) in [5.74, 6) is 0.250. The average Bonchev–Trinajstić information content (AvgIpc) is 2.37. The SMILES string of the molecule is CC(C)CCNC(=O)NC(=O)CSc1ccc(N)cc1Cl. The van der Waals surface area contributed by atoms with Crippen molar-refractivity contribution in [2.75, 3.05) is 18.0 Å². The number of nitrogens with two attached hydrogens (primary N) is 1. The molecule has 0 aliphatic heterocycles. The van der Waals surface area contributed by atoms with Gasteiger partial charge in [-0.25, -0.2) is 4.79 Å². The summed E-state index contributed by atoms with van der Waals surface area (Å²) in [6.07, 6.45) is 0.872. The highest BCUT2D eigenvalue weighted by Gasteiger charge is 2.09. The molecule has 7 heteroatoms. The molecule has 0 radical (unpaired) electrons. The van der Waals surface area contributed by atoms with Gasteiger partial charge in [0.05, 0.1) is 10.8 Å². The lowest BCUT2D eigenvalue weighted by Gasteiger charge is -2.08. The number of hydrogen-bond donors (Lipinski definition) is 3. The van der Waals surface area contributed by atoms with Crippen LogP contribution in [-0.2, 0) is 4.79 Å². The van der Waals surface area contributed by atoms with Crippen LogP contribution in [0.4, 0.5) is 10.5 Å². The van der Waals surface area contributed by atoms with Crippen LogP contribution in [0.2, 0.25) is 5.02 Å². The van der Waals surface area contributed by atoms with Crippen LogP contribution in [0.1, 0.15) is 20.3 Å². The molecule has 0 atom stereocenters. The van der Waals surface area contributed by atoms with E-state index in [0.29, 0.717) is 23.2 Å². The molecule has 0 fully saturated rings. The molecule has 0 spiro atoms. The molecule has 1 aromatic carbocycles. The Morgan fingerprint density at radius 1 is 1.38 bits per heavy atom. The summed E-state index contributed by atoms with van der Waals surface area (Å²) in [6, 6.07) is 4.62. The van der Waals surface area contributed by atoms with E-state index in [0.717, 1.165) is 11.3 Å². The van der Waals surface area contributed by atoms with Crippen LogP contribution in [-0.4, -0.2) is 24.2 Å². The van der Waals surface area contributed by atoms with E-state index in [1.165, 1.54) is 11.8 Å². The highest BCUT2D eigenvalue weighted by molar-refractivity contribution is 8.00. The summed E-state index contributed by atoms with van der Waals surface area (Å²) in [5, 5.41) is 5.41. The molecule has 21 heavy (non-hydrogen) atoms. The van der Waals surface area contributed by atoms with E-state index in [4.69, 9.17) is 17.3 Å². The average molecular weight is 330 g/mol. The second-order valence-corrected chi connectivity index (χ2v) is 6.39. The third-order valence-corrected chi connectivity index (χ3v) is 4.07. The van der Waals surface area contributed by atoms with Gasteiger partial charge in [0.2, 0.25) is 5.91 Å². The maximum absolute atomic E-state index is 11.6. The van der Waals surface area contributed by atoms with Crippen LogP contribution in [0.3, 0.4) is 0 Å². The molecule has 3 amide bonds. The number of amides is 3. The highest BCUT2D eigenvalue weighted by atomic mass is 35.5. The quantitative estimate of drug-likeness (QED) is 0.553.